The Balaban J connectivity index is 0.00000484. The molecule has 0 spiro atoms. The van der Waals surface area contributed by atoms with Crippen molar-refractivity contribution in [2.75, 3.05) is 0 Å². The molecule has 312 valence electrons. The van der Waals surface area contributed by atoms with Crippen molar-refractivity contribution >= 4 is 32.8 Å². The third-order valence-corrected chi connectivity index (χ3v) is 12.0. The number of benzene rings is 7. The van der Waals surface area contributed by atoms with Gasteiger partial charge in [-0.15, -0.1) is 24.3 Å². The summed E-state index contributed by atoms with van der Waals surface area (Å²) >= 11 is 0. The summed E-state index contributed by atoms with van der Waals surface area (Å²) in [6, 6.07) is 68.3. The number of rotatable bonds is 8. The Labute approximate surface area is 386 Å². The smallest absolute Gasteiger partial charge is 0.136 e. The first-order valence-corrected chi connectivity index (χ1v) is 21.4. The topological polar surface area (TPSA) is 64.1 Å². The van der Waals surface area contributed by atoms with Crippen LogP contribution < -0.4 is 0 Å². The largest absolute Gasteiger partial charge is 0.507 e. The number of hydrogen-bond donors (Lipinski definition) is 1. The molecule has 0 atom stereocenters. The van der Waals surface area contributed by atoms with Crippen molar-refractivity contribution in [1.82, 2.24) is 14.5 Å². The summed E-state index contributed by atoms with van der Waals surface area (Å²) < 4.78 is 8.88. The molecule has 0 amide bonds. The fourth-order valence-corrected chi connectivity index (χ4v) is 9.13. The van der Waals surface area contributed by atoms with Crippen molar-refractivity contribution in [2.45, 2.75) is 26.8 Å². The van der Waals surface area contributed by atoms with Crippen molar-refractivity contribution in [3.05, 3.63) is 200 Å². The number of furan rings is 1. The Morgan fingerprint density at radius 2 is 1.11 bits per heavy atom. The first kappa shape index (κ1) is 40.7. The van der Waals surface area contributed by atoms with Crippen LogP contribution in [0.1, 0.15) is 25.6 Å². The molecule has 4 heterocycles. The van der Waals surface area contributed by atoms with Gasteiger partial charge in [0.2, 0.25) is 0 Å². The standard InChI is InChI=1S/C58H42N3O2.Pt/c1-36(2)61-53-23-12-10-22-49(53)57(43-26-27-47-46-21-11-13-24-55(46)63-56(47)35-43)58(61)45-29-37(3)59-50(33-45)41-19-14-20-42(30-41)51-31-44(39-17-8-5-9-18-39)32-52(60-51)48-28-25-40(34-54(48)62)38-15-6-4-7-16-38;/h4-29,31-36,62H,1-3H3;/q-1;. The van der Waals surface area contributed by atoms with E-state index in [2.05, 4.69) is 122 Å². The Morgan fingerprint density at radius 1 is 0.500 bits per heavy atom. The van der Waals surface area contributed by atoms with Crippen LogP contribution in [-0.4, -0.2) is 19.6 Å². The fraction of sp³-hybridized carbons (Fsp3) is 0.0690. The van der Waals surface area contributed by atoms with Gasteiger partial charge < -0.3 is 14.1 Å². The number of aromatic hydroxyl groups is 1. The van der Waals surface area contributed by atoms with Gasteiger partial charge in [-0.05, 0) is 103 Å². The molecule has 0 unspecified atom stereocenters. The number of phenolic OH excluding ortho intramolecular Hbond substituents is 1. The van der Waals surface area contributed by atoms with Crippen molar-refractivity contribution in [3.8, 4) is 84.2 Å². The number of pyridine rings is 2. The minimum atomic E-state index is 0. The van der Waals surface area contributed by atoms with Gasteiger partial charge in [-0.2, -0.15) is 0 Å². The minimum absolute atomic E-state index is 0. The van der Waals surface area contributed by atoms with Crippen LogP contribution >= 0.6 is 0 Å². The Morgan fingerprint density at radius 3 is 1.84 bits per heavy atom. The molecule has 6 heteroatoms. The van der Waals surface area contributed by atoms with E-state index in [-0.39, 0.29) is 32.9 Å². The van der Waals surface area contributed by atoms with Gasteiger partial charge in [0.25, 0.3) is 0 Å². The molecule has 7 aromatic carbocycles. The molecule has 64 heavy (non-hydrogen) atoms. The average molecular weight is 1010 g/mol. The van der Waals surface area contributed by atoms with E-state index < -0.39 is 0 Å². The number of fused-ring (bicyclic) bond motifs is 4. The van der Waals surface area contributed by atoms with Crippen molar-refractivity contribution in [3.63, 3.8) is 0 Å². The molecule has 5 nitrogen and oxygen atoms in total. The van der Waals surface area contributed by atoms with Crippen LogP contribution in [-0.2, 0) is 21.1 Å². The monoisotopic (exact) mass is 1010 g/mol. The van der Waals surface area contributed by atoms with Gasteiger partial charge in [-0.3, -0.25) is 9.97 Å². The predicted octanol–water partition coefficient (Wildman–Crippen LogP) is 15.4. The van der Waals surface area contributed by atoms with Crippen LogP contribution in [0.15, 0.2) is 192 Å². The van der Waals surface area contributed by atoms with Crippen LogP contribution in [0.5, 0.6) is 5.75 Å². The third-order valence-electron chi connectivity index (χ3n) is 12.0. The number of nitrogens with zero attached hydrogens (tertiary/aromatic N) is 3. The molecule has 4 aromatic heterocycles. The molecule has 0 saturated heterocycles. The molecule has 11 aromatic rings. The maximum Gasteiger partial charge on any atom is 0.136 e. The summed E-state index contributed by atoms with van der Waals surface area (Å²) in [7, 11) is 0. The normalized spacial score (nSPS) is 11.4. The van der Waals surface area contributed by atoms with E-state index in [0.29, 0.717) is 11.3 Å². The first-order valence-electron chi connectivity index (χ1n) is 21.4. The van der Waals surface area contributed by atoms with Gasteiger partial charge >= 0.3 is 0 Å². The zero-order chi connectivity index (χ0) is 42.6. The maximum absolute atomic E-state index is 11.5. The molecule has 11 rings (SSSR count). The van der Waals surface area contributed by atoms with Gasteiger partial charge in [0.1, 0.15) is 16.9 Å². The van der Waals surface area contributed by atoms with Crippen LogP contribution in [0.25, 0.3) is 111 Å². The van der Waals surface area contributed by atoms with Crippen LogP contribution in [0.4, 0.5) is 0 Å². The van der Waals surface area contributed by atoms with E-state index in [0.717, 1.165) is 94.8 Å². The van der Waals surface area contributed by atoms with E-state index in [4.69, 9.17) is 14.4 Å². The molecule has 0 aliphatic heterocycles. The second-order valence-corrected chi connectivity index (χ2v) is 16.5. The molecule has 0 fully saturated rings. The van der Waals surface area contributed by atoms with E-state index in [9.17, 15) is 5.11 Å². The zero-order valence-corrected chi connectivity index (χ0v) is 37.8. The van der Waals surface area contributed by atoms with Crippen LogP contribution in [0, 0.1) is 13.0 Å². The maximum atomic E-state index is 11.5. The predicted molar refractivity (Wildman–Crippen MR) is 258 cm³/mol. The van der Waals surface area contributed by atoms with Gasteiger partial charge in [0.05, 0.1) is 11.4 Å². The van der Waals surface area contributed by atoms with Crippen molar-refractivity contribution < 1.29 is 30.6 Å². The summed E-state index contributed by atoms with van der Waals surface area (Å²) in [5.74, 6) is 0.171. The zero-order valence-electron chi connectivity index (χ0n) is 35.5. The number of para-hydroxylation sites is 2. The molecule has 0 radical (unpaired) electrons. The van der Waals surface area contributed by atoms with E-state index in [1.54, 1.807) is 0 Å². The molecule has 0 aliphatic rings. The summed E-state index contributed by atoms with van der Waals surface area (Å²) in [6.45, 7) is 6.55. The third kappa shape index (κ3) is 7.32. The minimum Gasteiger partial charge on any atom is -0.507 e. The Kier molecular flexibility index (Phi) is 10.7. The summed E-state index contributed by atoms with van der Waals surface area (Å²) in [4.78, 5) is 10.3. The second kappa shape index (κ2) is 16.7. The quantitative estimate of drug-likeness (QED) is 0.154. The van der Waals surface area contributed by atoms with Crippen molar-refractivity contribution in [1.29, 1.82) is 0 Å². The number of phenols is 1. The number of aryl methyl sites for hydroxylation is 1. The SMILES string of the molecule is Cc1cc(-c2c(-c3ccc4c(c3)oc3ccccc34)c3ccccc3n2C(C)C)cc(-c2[c-]c(-c3cc(-c4ccccc4)cc(-c4ccc(-c5ccccc5)cc4O)n3)ccc2)n1.[Pt]. The van der Waals surface area contributed by atoms with E-state index >= 15 is 0 Å². The van der Waals surface area contributed by atoms with Crippen molar-refractivity contribution in [2.24, 2.45) is 0 Å². The molecule has 0 bridgehead atoms. The average Bonchev–Trinajstić information content (AvgIpc) is 3.88. The number of aromatic nitrogens is 3. The van der Waals surface area contributed by atoms with E-state index in [1.807, 2.05) is 97.1 Å². The second-order valence-electron chi connectivity index (χ2n) is 16.5. The van der Waals surface area contributed by atoms with Gasteiger partial charge in [0.15, 0.2) is 0 Å². The Hall–Kier alpha value is -7.33. The summed E-state index contributed by atoms with van der Waals surface area (Å²) in [5.41, 5.74) is 16.9. The molecular weight excluding hydrogens is 966 g/mol. The van der Waals surface area contributed by atoms with Gasteiger partial charge in [-0.25, -0.2) is 0 Å². The molecule has 1 N–H and O–H groups in total. The number of hydrogen-bond acceptors (Lipinski definition) is 4. The fourth-order valence-electron chi connectivity index (χ4n) is 9.13. The Bertz CT molecular complexity index is 3520. The molecule has 0 aliphatic carbocycles. The van der Waals surface area contributed by atoms with Crippen LogP contribution in [0.3, 0.4) is 0 Å². The molecule has 0 saturated carbocycles. The summed E-state index contributed by atoms with van der Waals surface area (Å²) in [6.07, 6.45) is 0. The van der Waals surface area contributed by atoms with Gasteiger partial charge in [-0.1, -0.05) is 132 Å². The van der Waals surface area contributed by atoms with Gasteiger partial charge in [0, 0.05) is 77.0 Å². The summed E-state index contributed by atoms with van der Waals surface area (Å²) in [5, 5.41) is 14.9. The van der Waals surface area contributed by atoms with Crippen LogP contribution in [0.2, 0.25) is 0 Å². The first-order chi connectivity index (χ1) is 30.9. The van der Waals surface area contributed by atoms with E-state index in [1.165, 1.54) is 10.9 Å². The molecular formula is C58H42N3O2Pt-.